The van der Waals surface area contributed by atoms with Crippen LogP contribution in [0.1, 0.15) is 44.4 Å². The highest BCUT2D eigenvalue weighted by molar-refractivity contribution is 5.86. The minimum Gasteiger partial charge on any atom is -0.493 e. The van der Waals surface area contributed by atoms with Gasteiger partial charge in [0.15, 0.2) is 11.5 Å². The van der Waals surface area contributed by atoms with Crippen LogP contribution >= 0.6 is 0 Å². The number of methoxy groups -OCH3 is 3. The maximum absolute atomic E-state index is 13.7. The van der Waals surface area contributed by atoms with Gasteiger partial charge in [-0.05, 0) is 59.7 Å². The molecule has 12 heteroatoms. The van der Waals surface area contributed by atoms with Gasteiger partial charge in [-0.1, -0.05) is 19.9 Å². The van der Waals surface area contributed by atoms with E-state index in [4.69, 9.17) is 14.2 Å². The zero-order chi connectivity index (χ0) is 31.8. The second-order valence-electron chi connectivity index (χ2n) is 10.8. The lowest BCUT2D eigenvalue weighted by atomic mass is 9.95. The van der Waals surface area contributed by atoms with Crippen LogP contribution in [-0.4, -0.2) is 62.2 Å². The molecule has 4 rings (SSSR count). The molecule has 0 radical (unpaired) electrons. The van der Waals surface area contributed by atoms with Crippen LogP contribution < -0.4 is 40.9 Å². The van der Waals surface area contributed by atoms with E-state index in [1.54, 1.807) is 38.7 Å². The number of aromatic nitrogens is 2. The molecule has 3 aromatic rings. The van der Waals surface area contributed by atoms with Gasteiger partial charge in [0.2, 0.25) is 28.9 Å². The number of nitrogens with zero attached hydrogens (tertiary/aromatic N) is 2. The third-order valence-electron chi connectivity index (χ3n) is 7.45. The summed E-state index contributed by atoms with van der Waals surface area (Å²) in [7, 11) is 4.65. The Balaban J connectivity index is 1.70. The number of aryl methyl sites for hydroxylation is 1. The maximum Gasteiger partial charge on any atom is 0.242 e. The number of rotatable bonds is 12. The molecule has 44 heavy (non-hydrogen) atoms. The molecule has 1 aliphatic carbocycles. The summed E-state index contributed by atoms with van der Waals surface area (Å²) in [5.74, 6) is 1.29. The van der Waals surface area contributed by atoms with Crippen LogP contribution in [0.4, 0.5) is 11.6 Å². The molecule has 1 aliphatic rings. The van der Waals surface area contributed by atoms with Crippen molar-refractivity contribution in [1.29, 1.82) is 0 Å². The van der Waals surface area contributed by atoms with Crippen molar-refractivity contribution in [2.75, 3.05) is 45.1 Å². The molecule has 0 saturated heterocycles. The van der Waals surface area contributed by atoms with E-state index < -0.39 is 12.1 Å². The lowest BCUT2D eigenvalue weighted by Gasteiger charge is -2.22. The van der Waals surface area contributed by atoms with E-state index in [0.29, 0.717) is 60.3 Å². The van der Waals surface area contributed by atoms with Crippen LogP contribution in [0.5, 0.6) is 17.2 Å². The first kappa shape index (κ1) is 32.1. The van der Waals surface area contributed by atoms with Crippen molar-refractivity contribution in [2.45, 2.75) is 45.7 Å². The third kappa shape index (κ3) is 7.19. The Hall–Kier alpha value is -4.87. The number of hydrogen-bond acceptors (Lipinski definition) is 10. The van der Waals surface area contributed by atoms with Gasteiger partial charge in [-0.25, -0.2) is 9.97 Å². The number of anilines is 2. The molecule has 2 atom stereocenters. The quantitative estimate of drug-likeness (QED) is 0.227. The van der Waals surface area contributed by atoms with Crippen molar-refractivity contribution in [2.24, 2.45) is 5.92 Å². The van der Waals surface area contributed by atoms with Gasteiger partial charge in [-0.15, -0.1) is 0 Å². The van der Waals surface area contributed by atoms with Crippen molar-refractivity contribution >= 4 is 23.5 Å². The summed E-state index contributed by atoms with van der Waals surface area (Å²) in [4.78, 5) is 47.4. The SMILES string of the molecule is COc1cc2c(c(OC)c1OC)-c1ccc(NC(C(=O)NCCNc3ncccn3)C(C)C)c(=O)cc1C(NC(C)=O)CC2. The van der Waals surface area contributed by atoms with Gasteiger partial charge in [-0.2, -0.15) is 0 Å². The van der Waals surface area contributed by atoms with Crippen LogP contribution in [0, 0.1) is 5.92 Å². The van der Waals surface area contributed by atoms with Crippen LogP contribution in [0.3, 0.4) is 0 Å². The van der Waals surface area contributed by atoms with Crippen molar-refractivity contribution in [3.05, 3.63) is 64.1 Å². The molecular weight excluding hydrogens is 564 g/mol. The lowest BCUT2D eigenvalue weighted by Crippen LogP contribution is -2.45. The molecular formula is C32H40N6O6. The van der Waals surface area contributed by atoms with Crippen LogP contribution in [0.2, 0.25) is 0 Å². The Morgan fingerprint density at radius 1 is 1.00 bits per heavy atom. The van der Waals surface area contributed by atoms with Crippen molar-refractivity contribution < 1.29 is 23.8 Å². The number of hydrogen-bond donors (Lipinski definition) is 4. The average Bonchev–Trinajstić information content (AvgIpc) is 3.25. The maximum atomic E-state index is 13.7. The fourth-order valence-electron chi connectivity index (χ4n) is 5.39. The molecule has 0 aliphatic heterocycles. The topological polar surface area (TPSA) is 153 Å². The molecule has 234 valence electrons. The number of amides is 2. The van der Waals surface area contributed by atoms with Crippen LogP contribution in [-0.2, 0) is 16.0 Å². The first-order chi connectivity index (χ1) is 21.2. The minimum absolute atomic E-state index is 0.132. The van der Waals surface area contributed by atoms with Crippen LogP contribution in [0.15, 0.2) is 47.5 Å². The van der Waals surface area contributed by atoms with Gasteiger partial charge in [0.05, 0.1) is 33.1 Å². The summed E-state index contributed by atoms with van der Waals surface area (Å²) >= 11 is 0. The van der Waals surface area contributed by atoms with Crippen LogP contribution in [0.25, 0.3) is 11.1 Å². The third-order valence-corrected chi connectivity index (χ3v) is 7.45. The molecule has 1 aromatic heterocycles. The Labute approximate surface area is 256 Å². The Kier molecular flexibility index (Phi) is 10.6. The number of ether oxygens (including phenoxy) is 3. The number of fused-ring (bicyclic) bond motifs is 3. The number of nitrogens with one attached hydrogen (secondary N) is 4. The van der Waals surface area contributed by atoms with E-state index >= 15 is 0 Å². The molecule has 2 aromatic carbocycles. The fourth-order valence-corrected chi connectivity index (χ4v) is 5.39. The zero-order valence-electron chi connectivity index (χ0n) is 25.9. The fraction of sp³-hybridized carbons (Fsp3) is 0.406. The molecule has 0 saturated carbocycles. The molecule has 2 amide bonds. The normalized spacial score (nSPS) is 14.3. The second-order valence-corrected chi connectivity index (χ2v) is 10.8. The summed E-state index contributed by atoms with van der Waals surface area (Å²) in [6.07, 6.45) is 4.40. The van der Waals surface area contributed by atoms with Crippen molar-refractivity contribution in [3.8, 4) is 28.4 Å². The summed E-state index contributed by atoms with van der Waals surface area (Å²) < 4.78 is 17.1. The Morgan fingerprint density at radius 3 is 2.36 bits per heavy atom. The molecule has 4 N–H and O–H groups in total. The van der Waals surface area contributed by atoms with E-state index in [1.807, 2.05) is 26.0 Å². The van der Waals surface area contributed by atoms with Gasteiger partial charge in [-0.3, -0.25) is 14.4 Å². The van der Waals surface area contributed by atoms with Gasteiger partial charge in [0.25, 0.3) is 0 Å². The molecule has 1 heterocycles. The predicted molar refractivity (Wildman–Crippen MR) is 168 cm³/mol. The minimum atomic E-state index is -0.685. The largest absolute Gasteiger partial charge is 0.493 e. The van der Waals surface area contributed by atoms with E-state index in [-0.39, 0.29) is 28.8 Å². The van der Waals surface area contributed by atoms with E-state index in [1.165, 1.54) is 20.1 Å². The first-order valence-corrected chi connectivity index (χ1v) is 14.5. The van der Waals surface area contributed by atoms with Gasteiger partial charge in [0.1, 0.15) is 6.04 Å². The second kappa shape index (κ2) is 14.5. The highest BCUT2D eigenvalue weighted by Gasteiger charge is 2.30. The number of benzene rings is 1. The van der Waals surface area contributed by atoms with Gasteiger partial charge >= 0.3 is 0 Å². The summed E-state index contributed by atoms with van der Waals surface area (Å²) in [5.41, 5.74) is 2.97. The predicted octanol–water partition coefficient (Wildman–Crippen LogP) is 3.32. The smallest absolute Gasteiger partial charge is 0.242 e. The summed E-state index contributed by atoms with van der Waals surface area (Å²) in [6, 6.07) is 7.53. The van der Waals surface area contributed by atoms with E-state index in [9.17, 15) is 14.4 Å². The van der Waals surface area contributed by atoms with Crippen molar-refractivity contribution in [3.63, 3.8) is 0 Å². The molecule has 0 fully saturated rings. The van der Waals surface area contributed by atoms with E-state index in [2.05, 4.69) is 31.2 Å². The Bertz CT molecular complexity index is 1550. The summed E-state index contributed by atoms with van der Waals surface area (Å²) in [5, 5.41) is 12.2. The summed E-state index contributed by atoms with van der Waals surface area (Å²) in [6.45, 7) is 6.03. The standard InChI is InChI=1S/C32H40N6O6/c1-18(2)28(31(41)33-14-15-36-32-34-12-7-13-35-32)38-24-11-9-21-22(17-25(24)40)23(37-19(3)39)10-8-20-16-26(42-4)29(43-5)30(44-6)27(20)21/h7,9,11-13,16-18,23,28H,8,10,14-15H2,1-6H3,(H,33,41)(H,37,39)(H,38,40)(H,34,35,36). The number of carbonyl (C=O) groups is 2. The number of carbonyl (C=O) groups excluding carboxylic acids is 2. The lowest BCUT2D eigenvalue weighted by molar-refractivity contribution is -0.122. The monoisotopic (exact) mass is 604 g/mol. The highest BCUT2D eigenvalue weighted by atomic mass is 16.5. The average molecular weight is 605 g/mol. The highest BCUT2D eigenvalue weighted by Crippen LogP contribution is 2.50. The molecule has 0 bridgehead atoms. The van der Waals surface area contributed by atoms with E-state index in [0.717, 1.165) is 11.1 Å². The Morgan fingerprint density at radius 2 is 1.73 bits per heavy atom. The first-order valence-electron chi connectivity index (χ1n) is 14.5. The molecule has 2 unspecified atom stereocenters. The zero-order valence-corrected chi connectivity index (χ0v) is 25.9. The molecule has 12 nitrogen and oxygen atoms in total. The molecule has 0 spiro atoms. The van der Waals surface area contributed by atoms with Gasteiger partial charge in [0, 0.05) is 38.0 Å². The van der Waals surface area contributed by atoms with Gasteiger partial charge < -0.3 is 35.5 Å². The van der Waals surface area contributed by atoms with Crippen molar-refractivity contribution in [1.82, 2.24) is 20.6 Å².